The number of fused-ring (bicyclic) bond motifs is 1. The summed E-state index contributed by atoms with van der Waals surface area (Å²) in [6, 6.07) is 0.191. The Hall–Kier alpha value is -1.51. The number of ether oxygens (including phenoxy) is 1. The molecule has 1 aromatic rings. The maximum Gasteiger partial charge on any atom is 0.410 e. The van der Waals surface area contributed by atoms with Crippen molar-refractivity contribution < 1.29 is 9.53 Å². The van der Waals surface area contributed by atoms with Gasteiger partial charge in [-0.05, 0) is 61.8 Å². The molecule has 0 spiro atoms. The van der Waals surface area contributed by atoms with E-state index in [1.807, 2.05) is 27.0 Å². The van der Waals surface area contributed by atoms with Gasteiger partial charge in [-0.2, -0.15) is 0 Å². The Labute approximate surface area is 168 Å². The van der Waals surface area contributed by atoms with Crippen LogP contribution in [0, 0.1) is 8.98 Å². The van der Waals surface area contributed by atoms with Gasteiger partial charge in [0.1, 0.15) is 11.4 Å². The van der Waals surface area contributed by atoms with Gasteiger partial charge in [0.25, 0.3) is 0 Å². The van der Waals surface area contributed by atoms with Crippen LogP contribution in [0.4, 0.5) is 10.6 Å². The van der Waals surface area contributed by atoms with Gasteiger partial charge in [-0.25, -0.2) is 4.79 Å². The van der Waals surface area contributed by atoms with Crippen LogP contribution in [0.25, 0.3) is 0 Å². The Kier molecular flexibility index (Phi) is 5.37. The van der Waals surface area contributed by atoms with Crippen molar-refractivity contribution in [2.75, 3.05) is 18.4 Å². The summed E-state index contributed by atoms with van der Waals surface area (Å²) in [6.07, 6.45) is 6.39. The zero-order valence-corrected chi connectivity index (χ0v) is 18.0. The largest absolute Gasteiger partial charge is 0.444 e. The van der Waals surface area contributed by atoms with Gasteiger partial charge < -0.3 is 24.9 Å². The fraction of sp³-hybridized carbons (Fsp3) is 0.579. The van der Waals surface area contributed by atoms with E-state index in [1.165, 1.54) is 5.57 Å². The van der Waals surface area contributed by atoms with E-state index in [0.29, 0.717) is 25.2 Å². The number of nitrogens with one attached hydrogen (secondary N) is 2. The minimum Gasteiger partial charge on any atom is -0.444 e. The Bertz CT molecular complexity index is 760. The van der Waals surface area contributed by atoms with Gasteiger partial charge in [-0.3, -0.25) is 0 Å². The number of hydrogen-bond acceptors (Lipinski definition) is 4. The summed E-state index contributed by atoms with van der Waals surface area (Å²) in [4.78, 5) is 14.1. The topological polar surface area (TPSA) is 70.3 Å². The van der Waals surface area contributed by atoms with E-state index in [4.69, 9.17) is 10.1 Å². The summed E-state index contributed by atoms with van der Waals surface area (Å²) >= 11 is 2.31. The highest BCUT2D eigenvalue weighted by molar-refractivity contribution is 14.1. The average Bonchev–Trinajstić information content (AvgIpc) is 3.09. The Balaban J connectivity index is 1.82. The van der Waals surface area contributed by atoms with E-state index < -0.39 is 5.60 Å². The fourth-order valence-corrected chi connectivity index (χ4v) is 4.32. The van der Waals surface area contributed by atoms with Gasteiger partial charge in [0.15, 0.2) is 0 Å². The highest BCUT2D eigenvalue weighted by Gasteiger charge is 2.33. The van der Waals surface area contributed by atoms with E-state index in [-0.39, 0.29) is 12.1 Å². The first-order valence-corrected chi connectivity index (χ1v) is 10.2. The van der Waals surface area contributed by atoms with Crippen LogP contribution in [-0.2, 0) is 4.74 Å². The predicted octanol–water partition coefficient (Wildman–Crippen LogP) is 4.75. The van der Waals surface area contributed by atoms with Gasteiger partial charge in [-0.15, -0.1) is 0 Å². The molecule has 0 aromatic carbocycles. The standard InChI is InChI=1S/C19H27IN4O2/c1-5-12-8-15(21)16-14(20)11-24(17(16)22-9-12)13-6-7-23(10-13)18(25)26-19(2,3)4/h9,11,13,21-22H,5-8,10H2,1-4H3/t13-/m1/s1. The lowest BCUT2D eigenvalue weighted by Gasteiger charge is -2.24. The molecule has 0 aliphatic carbocycles. The molecule has 0 bridgehead atoms. The molecular formula is C19H27IN4O2. The quantitative estimate of drug-likeness (QED) is 0.613. The summed E-state index contributed by atoms with van der Waals surface area (Å²) < 4.78 is 8.79. The molecule has 142 valence electrons. The minimum absolute atomic E-state index is 0.191. The van der Waals surface area contributed by atoms with Gasteiger partial charge in [0, 0.05) is 41.2 Å². The molecule has 2 N–H and O–H groups in total. The van der Waals surface area contributed by atoms with Crippen LogP contribution in [0.1, 0.15) is 58.6 Å². The molecule has 3 rings (SSSR count). The van der Waals surface area contributed by atoms with E-state index in [2.05, 4.69) is 45.6 Å². The van der Waals surface area contributed by atoms with Crippen molar-refractivity contribution in [1.82, 2.24) is 9.47 Å². The molecule has 1 saturated heterocycles. The number of aromatic nitrogens is 1. The lowest BCUT2D eigenvalue weighted by atomic mass is 10.0. The van der Waals surface area contributed by atoms with Crippen LogP contribution in [0.3, 0.4) is 0 Å². The predicted molar refractivity (Wildman–Crippen MR) is 112 cm³/mol. The Morgan fingerprint density at radius 2 is 2.19 bits per heavy atom. The third kappa shape index (κ3) is 3.92. The maximum atomic E-state index is 12.4. The highest BCUT2D eigenvalue weighted by Crippen LogP contribution is 2.35. The molecule has 2 aliphatic rings. The summed E-state index contributed by atoms with van der Waals surface area (Å²) in [6.45, 7) is 9.10. The summed E-state index contributed by atoms with van der Waals surface area (Å²) in [5.41, 5.74) is 2.40. The number of nitrogens with zero attached hydrogens (tertiary/aromatic N) is 2. The second kappa shape index (κ2) is 7.25. The van der Waals surface area contributed by atoms with Crippen LogP contribution in [-0.4, -0.2) is 40.0 Å². The van der Waals surface area contributed by atoms with Gasteiger partial charge >= 0.3 is 6.09 Å². The Morgan fingerprint density at radius 1 is 1.46 bits per heavy atom. The lowest BCUT2D eigenvalue weighted by Crippen LogP contribution is -2.35. The number of allylic oxidation sites excluding steroid dienone is 1. The van der Waals surface area contributed by atoms with Gasteiger partial charge in [-0.1, -0.05) is 6.92 Å². The van der Waals surface area contributed by atoms with Crippen molar-refractivity contribution in [3.63, 3.8) is 0 Å². The van der Waals surface area contributed by atoms with E-state index >= 15 is 0 Å². The highest BCUT2D eigenvalue weighted by atomic mass is 127. The number of hydrogen-bond donors (Lipinski definition) is 2. The molecule has 1 amide bonds. The third-order valence-corrected chi connectivity index (χ3v) is 5.59. The van der Waals surface area contributed by atoms with Crippen molar-refractivity contribution in [2.24, 2.45) is 0 Å². The molecule has 26 heavy (non-hydrogen) atoms. The summed E-state index contributed by atoms with van der Waals surface area (Å²) in [5, 5.41) is 11.9. The normalized spacial score (nSPS) is 20.3. The molecule has 1 fully saturated rings. The summed E-state index contributed by atoms with van der Waals surface area (Å²) in [7, 11) is 0. The second-order valence-corrected chi connectivity index (χ2v) is 9.09. The minimum atomic E-state index is -0.479. The fourth-order valence-electron chi connectivity index (χ4n) is 3.44. The first-order chi connectivity index (χ1) is 12.2. The second-order valence-electron chi connectivity index (χ2n) is 7.93. The molecule has 0 unspecified atom stereocenters. The van der Waals surface area contributed by atoms with Crippen molar-refractivity contribution in [3.05, 3.63) is 27.1 Å². The van der Waals surface area contributed by atoms with Crippen molar-refractivity contribution in [3.8, 4) is 0 Å². The van der Waals surface area contributed by atoms with E-state index in [9.17, 15) is 4.79 Å². The van der Waals surface area contributed by atoms with Crippen LogP contribution in [0.5, 0.6) is 0 Å². The van der Waals surface area contributed by atoms with Crippen LogP contribution in [0.15, 0.2) is 18.0 Å². The molecule has 7 heteroatoms. The number of amides is 1. The number of halogens is 1. The molecule has 2 aliphatic heterocycles. The first-order valence-electron chi connectivity index (χ1n) is 9.10. The van der Waals surface area contributed by atoms with E-state index in [1.54, 1.807) is 4.90 Å². The number of rotatable bonds is 2. The number of carbonyl (C=O) groups excluding carboxylic acids is 1. The average molecular weight is 470 g/mol. The SMILES string of the molecule is CCC1=CNc2c(c(I)cn2[C@@H]2CCN(C(=O)OC(C)(C)C)C2)C(=N)C1. The van der Waals surface area contributed by atoms with Crippen molar-refractivity contribution >= 4 is 40.2 Å². The zero-order chi connectivity index (χ0) is 19.1. The van der Waals surface area contributed by atoms with E-state index in [0.717, 1.165) is 27.8 Å². The van der Waals surface area contributed by atoms with Crippen molar-refractivity contribution in [1.29, 1.82) is 5.41 Å². The van der Waals surface area contributed by atoms with Gasteiger partial charge in [0.2, 0.25) is 0 Å². The molecule has 0 radical (unpaired) electrons. The van der Waals surface area contributed by atoms with Crippen molar-refractivity contribution in [2.45, 2.75) is 58.6 Å². The molecule has 1 aromatic heterocycles. The number of likely N-dealkylation sites (tertiary alicyclic amines) is 1. The number of anilines is 1. The number of carbonyl (C=O) groups is 1. The smallest absolute Gasteiger partial charge is 0.410 e. The van der Waals surface area contributed by atoms with Crippen LogP contribution < -0.4 is 5.32 Å². The molecule has 1 atom stereocenters. The monoisotopic (exact) mass is 470 g/mol. The Morgan fingerprint density at radius 3 is 2.85 bits per heavy atom. The lowest BCUT2D eigenvalue weighted by molar-refractivity contribution is 0.0289. The summed E-state index contributed by atoms with van der Waals surface area (Å²) in [5.74, 6) is 0.971. The van der Waals surface area contributed by atoms with Crippen LogP contribution >= 0.6 is 22.6 Å². The third-order valence-electron chi connectivity index (χ3n) is 4.77. The zero-order valence-electron chi connectivity index (χ0n) is 15.9. The first kappa shape index (κ1) is 19.3. The molecular weight excluding hydrogens is 443 g/mol. The van der Waals surface area contributed by atoms with Crippen LogP contribution in [0.2, 0.25) is 0 Å². The van der Waals surface area contributed by atoms with Gasteiger partial charge in [0.05, 0.1) is 11.6 Å². The molecule has 0 saturated carbocycles. The molecule has 6 nitrogen and oxygen atoms in total. The molecule has 3 heterocycles. The maximum absolute atomic E-state index is 12.4.